The molecule has 0 fully saturated rings. The Hall–Kier alpha value is -3.49. The van der Waals surface area contributed by atoms with E-state index in [0.29, 0.717) is 5.56 Å². The van der Waals surface area contributed by atoms with Crippen LogP contribution in [0.25, 0.3) is 0 Å². The number of primary sulfonamides is 1. The summed E-state index contributed by atoms with van der Waals surface area (Å²) in [5, 5.41) is 5.12. The lowest BCUT2D eigenvalue weighted by Gasteiger charge is -2.16. The maximum absolute atomic E-state index is 12.8. The summed E-state index contributed by atoms with van der Waals surface area (Å²) in [6, 6.07) is 23.9. The second-order valence-corrected chi connectivity index (χ2v) is 8.69. The summed E-state index contributed by atoms with van der Waals surface area (Å²) >= 11 is 0. The van der Waals surface area contributed by atoms with Gasteiger partial charge in [-0.2, -0.15) is 0 Å². The standard InChI is InChI=1S/C24H23NO6S/c25-32(28,29)21-13-11-18(12-14-21)15-22(23(26)30-16-19-7-3-1-4-8-19)24(27)31-17-20-9-5-2-6-10-20/h1-14,22H,15-17H2,(H2,25,28,29). The van der Waals surface area contributed by atoms with Gasteiger partial charge in [-0.25, -0.2) is 13.6 Å². The van der Waals surface area contributed by atoms with Crippen LogP contribution in [0.2, 0.25) is 0 Å². The molecule has 166 valence electrons. The number of esters is 2. The first-order chi connectivity index (χ1) is 15.3. The van der Waals surface area contributed by atoms with Crippen LogP contribution in [-0.4, -0.2) is 20.4 Å². The highest BCUT2D eigenvalue weighted by atomic mass is 32.2. The van der Waals surface area contributed by atoms with E-state index in [2.05, 4.69) is 0 Å². The maximum Gasteiger partial charge on any atom is 0.321 e. The number of nitrogens with two attached hydrogens (primary N) is 1. The zero-order valence-corrected chi connectivity index (χ0v) is 18.0. The van der Waals surface area contributed by atoms with Crippen LogP contribution < -0.4 is 5.14 Å². The van der Waals surface area contributed by atoms with Crippen LogP contribution >= 0.6 is 0 Å². The molecule has 0 bridgehead atoms. The van der Waals surface area contributed by atoms with Crippen molar-refractivity contribution in [2.24, 2.45) is 11.1 Å². The van der Waals surface area contributed by atoms with Crippen LogP contribution in [0.3, 0.4) is 0 Å². The molecule has 3 aromatic rings. The number of benzene rings is 3. The molecule has 0 heterocycles. The summed E-state index contributed by atoms with van der Waals surface area (Å²) in [6.07, 6.45) is -0.00779. The Morgan fingerprint density at radius 2 is 1.12 bits per heavy atom. The highest BCUT2D eigenvalue weighted by molar-refractivity contribution is 7.89. The lowest BCUT2D eigenvalue weighted by atomic mass is 9.99. The van der Waals surface area contributed by atoms with Crippen molar-refractivity contribution in [2.75, 3.05) is 0 Å². The highest BCUT2D eigenvalue weighted by Crippen LogP contribution is 2.17. The third kappa shape index (κ3) is 6.76. The van der Waals surface area contributed by atoms with Gasteiger partial charge in [0.2, 0.25) is 10.0 Å². The van der Waals surface area contributed by atoms with Crippen molar-refractivity contribution in [1.82, 2.24) is 0 Å². The smallest absolute Gasteiger partial charge is 0.321 e. The minimum absolute atomic E-state index is 0.00779. The van der Waals surface area contributed by atoms with Gasteiger partial charge in [-0.1, -0.05) is 72.8 Å². The van der Waals surface area contributed by atoms with Crippen LogP contribution in [0.5, 0.6) is 0 Å². The van der Waals surface area contributed by atoms with Crippen molar-refractivity contribution in [3.05, 3.63) is 102 Å². The summed E-state index contributed by atoms with van der Waals surface area (Å²) in [5.74, 6) is -2.65. The van der Waals surface area contributed by atoms with E-state index in [9.17, 15) is 18.0 Å². The number of carbonyl (C=O) groups excluding carboxylic acids is 2. The summed E-state index contributed by atoms with van der Waals surface area (Å²) < 4.78 is 33.6. The molecule has 0 spiro atoms. The number of rotatable bonds is 9. The fourth-order valence-electron chi connectivity index (χ4n) is 2.97. The molecule has 0 aliphatic carbocycles. The SMILES string of the molecule is NS(=O)(=O)c1ccc(CC(C(=O)OCc2ccccc2)C(=O)OCc2ccccc2)cc1. The molecule has 8 heteroatoms. The number of hydrogen-bond donors (Lipinski definition) is 1. The van der Waals surface area contributed by atoms with E-state index in [1.807, 2.05) is 60.7 Å². The van der Waals surface area contributed by atoms with E-state index >= 15 is 0 Å². The van der Waals surface area contributed by atoms with E-state index in [-0.39, 0.29) is 24.5 Å². The second-order valence-electron chi connectivity index (χ2n) is 7.13. The molecular formula is C24H23NO6S. The van der Waals surface area contributed by atoms with E-state index in [1.165, 1.54) is 24.3 Å². The molecule has 7 nitrogen and oxygen atoms in total. The zero-order chi connectivity index (χ0) is 23.0. The lowest BCUT2D eigenvalue weighted by molar-refractivity contribution is -0.163. The number of ether oxygens (including phenoxy) is 2. The van der Waals surface area contributed by atoms with Gasteiger partial charge in [-0.15, -0.1) is 0 Å². The van der Waals surface area contributed by atoms with Crippen molar-refractivity contribution in [3.63, 3.8) is 0 Å². The lowest BCUT2D eigenvalue weighted by Crippen LogP contribution is -2.30. The maximum atomic E-state index is 12.8. The Labute approximate surface area is 186 Å². The van der Waals surface area contributed by atoms with Crippen molar-refractivity contribution in [1.29, 1.82) is 0 Å². The number of carbonyl (C=O) groups is 2. The first-order valence-corrected chi connectivity index (χ1v) is 11.4. The Kier molecular flexibility index (Phi) is 7.75. The summed E-state index contributed by atoms with van der Waals surface area (Å²) in [5.41, 5.74) is 2.14. The van der Waals surface area contributed by atoms with Crippen molar-refractivity contribution < 1.29 is 27.5 Å². The predicted octanol–water partition coefficient (Wildman–Crippen LogP) is 2.98. The van der Waals surface area contributed by atoms with Crippen LogP contribution in [0.4, 0.5) is 0 Å². The topological polar surface area (TPSA) is 113 Å². The molecule has 0 amide bonds. The molecule has 0 aliphatic heterocycles. The van der Waals surface area contributed by atoms with Gasteiger partial charge in [-0.05, 0) is 35.2 Å². The molecule has 0 radical (unpaired) electrons. The number of sulfonamides is 1. The predicted molar refractivity (Wildman–Crippen MR) is 117 cm³/mol. The fourth-order valence-corrected chi connectivity index (χ4v) is 3.49. The van der Waals surface area contributed by atoms with E-state index in [1.54, 1.807) is 0 Å². The van der Waals surface area contributed by atoms with Gasteiger partial charge >= 0.3 is 11.9 Å². The molecule has 0 aliphatic rings. The minimum atomic E-state index is -3.84. The van der Waals surface area contributed by atoms with Crippen LogP contribution in [0, 0.1) is 5.92 Å². The molecule has 3 aromatic carbocycles. The Morgan fingerprint density at radius 1 is 0.688 bits per heavy atom. The van der Waals surface area contributed by atoms with Crippen molar-refractivity contribution in [3.8, 4) is 0 Å². The molecule has 0 aromatic heterocycles. The molecule has 2 N–H and O–H groups in total. The first-order valence-electron chi connectivity index (χ1n) is 9.86. The average molecular weight is 454 g/mol. The average Bonchev–Trinajstić information content (AvgIpc) is 2.80. The molecule has 32 heavy (non-hydrogen) atoms. The highest BCUT2D eigenvalue weighted by Gasteiger charge is 2.30. The van der Waals surface area contributed by atoms with Crippen molar-refractivity contribution in [2.45, 2.75) is 24.5 Å². The minimum Gasteiger partial charge on any atom is -0.460 e. The number of hydrogen-bond acceptors (Lipinski definition) is 6. The van der Waals surface area contributed by atoms with Gasteiger partial charge in [0.05, 0.1) is 4.90 Å². The third-order valence-corrected chi connectivity index (χ3v) is 5.64. The second kappa shape index (κ2) is 10.7. The van der Waals surface area contributed by atoms with Crippen LogP contribution in [0.15, 0.2) is 89.8 Å². The third-order valence-electron chi connectivity index (χ3n) is 4.71. The van der Waals surface area contributed by atoms with Crippen LogP contribution in [0.1, 0.15) is 16.7 Å². The fraction of sp³-hybridized carbons (Fsp3) is 0.167. The Morgan fingerprint density at radius 3 is 1.53 bits per heavy atom. The largest absolute Gasteiger partial charge is 0.460 e. The normalized spacial score (nSPS) is 11.2. The Bertz CT molecular complexity index is 1090. The molecular weight excluding hydrogens is 430 g/mol. The van der Waals surface area contributed by atoms with E-state index in [4.69, 9.17) is 14.6 Å². The molecule has 0 saturated heterocycles. The van der Waals surface area contributed by atoms with Gasteiger partial charge in [0.1, 0.15) is 13.2 Å². The first kappa shape index (κ1) is 23.2. The monoisotopic (exact) mass is 453 g/mol. The van der Waals surface area contributed by atoms with E-state index < -0.39 is 27.9 Å². The van der Waals surface area contributed by atoms with Gasteiger partial charge in [-0.3, -0.25) is 9.59 Å². The van der Waals surface area contributed by atoms with Gasteiger partial charge < -0.3 is 9.47 Å². The molecule has 0 atom stereocenters. The summed E-state index contributed by atoms with van der Waals surface area (Å²) in [6.45, 7) is 0.0407. The summed E-state index contributed by atoms with van der Waals surface area (Å²) in [4.78, 5) is 25.5. The molecule has 0 unspecified atom stereocenters. The zero-order valence-electron chi connectivity index (χ0n) is 17.2. The Balaban J connectivity index is 1.73. The quantitative estimate of drug-likeness (QED) is 0.394. The van der Waals surface area contributed by atoms with Crippen LogP contribution in [-0.2, 0) is 48.7 Å². The van der Waals surface area contributed by atoms with E-state index in [0.717, 1.165) is 11.1 Å². The summed E-state index contributed by atoms with van der Waals surface area (Å²) in [7, 11) is -3.84. The molecule has 3 rings (SSSR count). The van der Waals surface area contributed by atoms with Crippen molar-refractivity contribution >= 4 is 22.0 Å². The van der Waals surface area contributed by atoms with Gasteiger partial charge in [0.15, 0.2) is 5.92 Å². The van der Waals surface area contributed by atoms with Gasteiger partial charge in [0.25, 0.3) is 0 Å². The molecule has 0 saturated carbocycles. The van der Waals surface area contributed by atoms with Gasteiger partial charge in [0, 0.05) is 0 Å².